The van der Waals surface area contributed by atoms with E-state index in [1.54, 1.807) is 36.4 Å². The summed E-state index contributed by atoms with van der Waals surface area (Å²) in [5.74, 6) is -0.765. The first-order chi connectivity index (χ1) is 15.3. The van der Waals surface area contributed by atoms with Crippen LogP contribution in [0.25, 0.3) is 10.9 Å². The second-order valence-electron chi connectivity index (χ2n) is 7.43. The number of hydrogen-bond donors (Lipinski definition) is 2. The summed E-state index contributed by atoms with van der Waals surface area (Å²) in [4.78, 5) is 17.7. The van der Waals surface area contributed by atoms with Gasteiger partial charge in [-0.25, -0.2) is 0 Å². The molecule has 32 heavy (non-hydrogen) atoms. The number of nitrogens with zero attached hydrogens (tertiary/aromatic N) is 1. The first-order valence-electron chi connectivity index (χ1n) is 9.87. The van der Waals surface area contributed by atoms with Crippen molar-refractivity contribution in [2.45, 2.75) is 18.2 Å². The summed E-state index contributed by atoms with van der Waals surface area (Å²) in [5.41, 5.74) is -1.10. The van der Waals surface area contributed by atoms with Crippen LogP contribution in [0.1, 0.15) is 16.8 Å². The average Bonchev–Trinajstić information content (AvgIpc) is 2.79. The predicted octanol–water partition coefficient (Wildman–Crippen LogP) is 5.32. The fraction of sp³-hybridized carbons (Fsp3) is 0.120. The van der Waals surface area contributed by atoms with E-state index in [1.165, 1.54) is 0 Å². The number of anilines is 1. The minimum absolute atomic E-state index is 0.117. The van der Waals surface area contributed by atoms with Crippen LogP contribution in [0.2, 0.25) is 0 Å². The quantitative estimate of drug-likeness (QED) is 0.445. The Labute approximate surface area is 182 Å². The van der Waals surface area contributed by atoms with Gasteiger partial charge in [0.1, 0.15) is 0 Å². The summed E-state index contributed by atoms with van der Waals surface area (Å²) in [6, 6.07) is 23.5. The molecule has 1 amide bonds. The predicted molar refractivity (Wildman–Crippen MR) is 116 cm³/mol. The van der Waals surface area contributed by atoms with Crippen LogP contribution < -0.4 is 5.32 Å². The third-order valence-corrected chi connectivity index (χ3v) is 5.19. The number of benzene rings is 3. The van der Waals surface area contributed by atoms with Gasteiger partial charge in [-0.3, -0.25) is 9.78 Å². The van der Waals surface area contributed by atoms with Gasteiger partial charge in [0, 0.05) is 23.2 Å². The molecule has 0 bridgehead atoms. The minimum atomic E-state index is -4.48. The molecule has 0 aliphatic rings. The summed E-state index contributed by atoms with van der Waals surface area (Å²) in [6.45, 7) is 0. The maximum absolute atomic E-state index is 13.2. The Morgan fingerprint density at radius 2 is 1.47 bits per heavy atom. The number of fused-ring (bicyclic) bond motifs is 1. The maximum atomic E-state index is 13.2. The maximum Gasteiger partial charge on any atom is 0.416 e. The van der Waals surface area contributed by atoms with Gasteiger partial charge in [0.2, 0.25) is 0 Å². The Bertz CT molecular complexity index is 1240. The molecule has 4 nitrogen and oxygen atoms in total. The highest BCUT2D eigenvalue weighted by molar-refractivity contribution is 5.98. The largest absolute Gasteiger partial charge is 0.416 e. The summed E-state index contributed by atoms with van der Waals surface area (Å²) in [6.07, 6.45) is -4.59. The second kappa shape index (κ2) is 8.43. The van der Waals surface area contributed by atoms with Crippen LogP contribution in [-0.2, 0) is 23.0 Å². The molecule has 0 radical (unpaired) electrons. The van der Waals surface area contributed by atoms with Gasteiger partial charge in [-0.15, -0.1) is 0 Å². The molecule has 1 aromatic heterocycles. The van der Waals surface area contributed by atoms with E-state index >= 15 is 0 Å². The number of carbonyl (C=O) groups excluding carboxylic acids is 1. The normalized spacial score (nSPS) is 13.5. The molecule has 3 aromatic carbocycles. The van der Waals surface area contributed by atoms with Crippen LogP contribution in [0.4, 0.5) is 18.9 Å². The zero-order valence-corrected chi connectivity index (χ0v) is 16.8. The number of carbonyl (C=O) groups is 1. The highest BCUT2D eigenvalue weighted by atomic mass is 19.4. The van der Waals surface area contributed by atoms with Gasteiger partial charge >= 0.3 is 6.18 Å². The van der Waals surface area contributed by atoms with Crippen LogP contribution in [0.5, 0.6) is 0 Å². The fourth-order valence-electron chi connectivity index (χ4n) is 3.47. The van der Waals surface area contributed by atoms with E-state index in [1.807, 2.05) is 30.3 Å². The molecule has 7 heteroatoms. The lowest BCUT2D eigenvalue weighted by molar-refractivity contribution is -0.137. The molecule has 4 aromatic rings. The van der Waals surface area contributed by atoms with E-state index in [0.29, 0.717) is 11.3 Å². The van der Waals surface area contributed by atoms with Crippen molar-refractivity contribution in [2.24, 2.45) is 0 Å². The number of nitrogens with one attached hydrogen (secondary N) is 1. The van der Waals surface area contributed by atoms with E-state index < -0.39 is 23.2 Å². The first kappa shape index (κ1) is 21.5. The highest BCUT2D eigenvalue weighted by Crippen LogP contribution is 2.31. The Hall–Kier alpha value is -3.71. The number of hydrogen-bond acceptors (Lipinski definition) is 3. The molecule has 0 aliphatic carbocycles. The van der Waals surface area contributed by atoms with Crippen molar-refractivity contribution in [2.75, 3.05) is 5.32 Å². The van der Waals surface area contributed by atoms with Crippen molar-refractivity contribution in [3.05, 3.63) is 108 Å². The van der Waals surface area contributed by atoms with Gasteiger partial charge in [0.05, 0.1) is 11.1 Å². The lowest BCUT2D eigenvalue weighted by Crippen LogP contribution is -2.42. The zero-order valence-electron chi connectivity index (χ0n) is 16.8. The number of halogens is 3. The van der Waals surface area contributed by atoms with E-state index in [9.17, 15) is 23.1 Å². The molecule has 1 heterocycles. The number of pyridine rings is 1. The lowest BCUT2D eigenvalue weighted by atomic mass is 9.87. The third kappa shape index (κ3) is 4.48. The summed E-state index contributed by atoms with van der Waals surface area (Å²) in [5, 5.41) is 14.9. The van der Waals surface area contributed by atoms with E-state index in [2.05, 4.69) is 10.3 Å². The zero-order chi connectivity index (χ0) is 22.8. The molecule has 0 aliphatic heterocycles. The molecule has 0 fully saturated rings. The number of aliphatic hydroxyl groups is 1. The van der Waals surface area contributed by atoms with Crippen LogP contribution in [0.15, 0.2) is 91.0 Å². The molecular weight excluding hydrogens is 417 g/mol. The third-order valence-electron chi connectivity index (χ3n) is 5.19. The number of aromatic nitrogens is 1. The van der Waals surface area contributed by atoms with Crippen molar-refractivity contribution >= 4 is 22.5 Å². The number of para-hydroxylation sites is 1. The van der Waals surface area contributed by atoms with Crippen molar-refractivity contribution < 1.29 is 23.1 Å². The molecule has 0 spiro atoms. The highest BCUT2D eigenvalue weighted by Gasteiger charge is 2.39. The minimum Gasteiger partial charge on any atom is -0.375 e. The Balaban J connectivity index is 1.65. The molecule has 0 saturated carbocycles. The molecule has 162 valence electrons. The number of amides is 1. The second-order valence-corrected chi connectivity index (χ2v) is 7.43. The van der Waals surface area contributed by atoms with Gasteiger partial charge in [-0.05, 0) is 42.0 Å². The standard InChI is InChI=1S/C25H19F3N2O2/c26-25(27,28)19-11-14-20(15-12-19)30-23(31)24(32,18-7-2-1-3-8-18)16-21-13-10-17-6-4-5-9-22(17)29-21/h1-15,32H,16H2,(H,30,31). The van der Waals surface area contributed by atoms with Crippen LogP contribution in [0.3, 0.4) is 0 Å². The molecule has 2 N–H and O–H groups in total. The summed E-state index contributed by atoms with van der Waals surface area (Å²) in [7, 11) is 0. The van der Waals surface area contributed by atoms with Crippen LogP contribution >= 0.6 is 0 Å². The van der Waals surface area contributed by atoms with Crippen molar-refractivity contribution in [1.82, 2.24) is 4.98 Å². The average molecular weight is 436 g/mol. The Morgan fingerprint density at radius 3 is 2.16 bits per heavy atom. The van der Waals surface area contributed by atoms with E-state index in [0.717, 1.165) is 35.2 Å². The number of alkyl halides is 3. The topological polar surface area (TPSA) is 62.2 Å². The first-order valence-corrected chi connectivity index (χ1v) is 9.87. The molecule has 0 saturated heterocycles. The molecule has 4 rings (SSSR count). The Kier molecular flexibility index (Phi) is 5.67. The van der Waals surface area contributed by atoms with E-state index in [4.69, 9.17) is 0 Å². The monoisotopic (exact) mass is 436 g/mol. The molecule has 1 atom stereocenters. The smallest absolute Gasteiger partial charge is 0.375 e. The van der Waals surface area contributed by atoms with Crippen LogP contribution in [-0.4, -0.2) is 16.0 Å². The van der Waals surface area contributed by atoms with Gasteiger partial charge in [-0.2, -0.15) is 13.2 Å². The van der Waals surface area contributed by atoms with Crippen molar-refractivity contribution in [3.63, 3.8) is 0 Å². The SMILES string of the molecule is O=C(Nc1ccc(C(F)(F)F)cc1)C(O)(Cc1ccc2ccccc2n1)c1ccccc1. The van der Waals surface area contributed by atoms with Crippen molar-refractivity contribution in [1.29, 1.82) is 0 Å². The Morgan fingerprint density at radius 1 is 0.812 bits per heavy atom. The van der Waals surface area contributed by atoms with Gasteiger partial charge in [0.25, 0.3) is 5.91 Å². The number of rotatable bonds is 5. The van der Waals surface area contributed by atoms with Gasteiger partial charge < -0.3 is 10.4 Å². The molecular formula is C25H19F3N2O2. The van der Waals surface area contributed by atoms with Gasteiger partial charge in [0.15, 0.2) is 5.60 Å². The summed E-state index contributed by atoms with van der Waals surface area (Å²) < 4.78 is 38.4. The summed E-state index contributed by atoms with van der Waals surface area (Å²) >= 11 is 0. The van der Waals surface area contributed by atoms with Crippen LogP contribution in [0, 0.1) is 0 Å². The van der Waals surface area contributed by atoms with Gasteiger partial charge in [-0.1, -0.05) is 54.6 Å². The fourth-order valence-corrected chi connectivity index (χ4v) is 3.47. The molecule has 1 unspecified atom stereocenters. The van der Waals surface area contributed by atoms with Crippen molar-refractivity contribution in [3.8, 4) is 0 Å². The lowest BCUT2D eigenvalue weighted by Gasteiger charge is -2.27. The van der Waals surface area contributed by atoms with E-state index in [-0.39, 0.29) is 12.1 Å².